The Hall–Kier alpha value is -1.41. The molecule has 0 spiro atoms. The molecule has 1 N–H and O–H groups in total. The molecule has 19 heavy (non-hydrogen) atoms. The molecular formula is C13H14ClF3N2. The van der Waals surface area contributed by atoms with E-state index in [-0.39, 0.29) is 12.5 Å². The smallest absolute Gasteiger partial charge is 0.381 e. The zero-order chi connectivity index (χ0) is 14.5. The summed E-state index contributed by atoms with van der Waals surface area (Å²) in [6.45, 7) is 1.78. The lowest BCUT2D eigenvalue weighted by Gasteiger charge is -2.16. The van der Waals surface area contributed by atoms with Crippen LogP contribution in [0.15, 0.2) is 18.2 Å². The topological polar surface area (TPSA) is 35.8 Å². The van der Waals surface area contributed by atoms with Crippen molar-refractivity contribution < 1.29 is 13.2 Å². The number of nitriles is 1. The molecule has 2 nitrogen and oxygen atoms in total. The molecule has 6 heteroatoms. The van der Waals surface area contributed by atoms with E-state index >= 15 is 0 Å². The highest BCUT2D eigenvalue weighted by Crippen LogP contribution is 2.25. The molecular weight excluding hydrogens is 277 g/mol. The average Bonchev–Trinajstić information content (AvgIpc) is 2.27. The van der Waals surface area contributed by atoms with Gasteiger partial charge in [-0.25, -0.2) is 0 Å². The van der Waals surface area contributed by atoms with Crippen LogP contribution in [-0.4, -0.2) is 12.2 Å². The number of hydrogen-bond donors (Lipinski definition) is 1. The van der Waals surface area contributed by atoms with Crippen LogP contribution < -0.4 is 5.32 Å². The van der Waals surface area contributed by atoms with E-state index in [1.54, 1.807) is 25.1 Å². The van der Waals surface area contributed by atoms with E-state index in [0.29, 0.717) is 22.7 Å². The van der Waals surface area contributed by atoms with E-state index in [9.17, 15) is 13.2 Å². The van der Waals surface area contributed by atoms with Gasteiger partial charge in [-0.15, -0.1) is 0 Å². The van der Waals surface area contributed by atoms with Gasteiger partial charge in [0.1, 0.15) is 6.07 Å². The molecule has 1 rings (SSSR count). The second-order valence-electron chi connectivity index (χ2n) is 4.35. The molecule has 0 saturated carbocycles. The van der Waals surface area contributed by atoms with Gasteiger partial charge in [-0.2, -0.15) is 18.4 Å². The molecule has 1 aromatic carbocycles. The van der Waals surface area contributed by atoms with Gasteiger partial charge >= 0.3 is 6.18 Å². The summed E-state index contributed by atoms with van der Waals surface area (Å²) >= 11 is 5.82. The zero-order valence-corrected chi connectivity index (χ0v) is 11.1. The maximum atomic E-state index is 12.0. The minimum absolute atomic E-state index is 0.0557. The minimum Gasteiger partial charge on any atom is -0.381 e. The summed E-state index contributed by atoms with van der Waals surface area (Å²) in [6, 6.07) is 6.62. The van der Waals surface area contributed by atoms with Crippen LogP contribution in [0, 0.1) is 11.3 Å². The Labute approximate surface area is 115 Å². The Kier molecular flexibility index (Phi) is 5.49. The number of nitrogens with one attached hydrogen (secondary N) is 1. The van der Waals surface area contributed by atoms with Gasteiger partial charge in [-0.1, -0.05) is 11.6 Å². The normalized spacial score (nSPS) is 12.8. The van der Waals surface area contributed by atoms with Crippen LogP contribution in [0.4, 0.5) is 18.9 Å². The van der Waals surface area contributed by atoms with E-state index in [4.69, 9.17) is 16.9 Å². The molecule has 0 aliphatic heterocycles. The second kappa shape index (κ2) is 6.67. The Balaban J connectivity index is 2.55. The van der Waals surface area contributed by atoms with Crippen molar-refractivity contribution in [2.75, 3.05) is 5.32 Å². The molecule has 1 unspecified atom stereocenters. The fourth-order valence-electron chi connectivity index (χ4n) is 1.68. The highest BCUT2D eigenvalue weighted by atomic mass is 35.5. The lowest BCUT2D eigenvalue weighted by atomic mass is 10.1. The third-order valence-electron chi connectivity index (χ3n) is 2.60. The summed E-state index contributed by atoms with van der Waals surface area (Å²) in [7, 11) is 0. The predicted molar refractivity (Wildman–Crippen MR) is 69.2 cm³/mol. The molecule has 0 fully saturated rings. The van der Waals surface area contributed by atoms with Crippen molar-refractivity contribution in [1.82, 2.24) is 0 Å². The number of nitrogens with zero attached hydrogens (tertiary/aromatic N) is 1. The molecule has 0 bridgehead atoms. The van der Waals surface area contributed by atoms with Gasteiger partial charge in [-0.05, 0) is 38.0 Å². The van der Waals surface area contributed by atoms with Crippen molar-refractivity contribution >= 4 is 17.3 Å². The lowest BCUT2D eigenvalue weighted by Crippen LogP contribution is -2.17. The molecule has 0 aliphatic rings. The van der Waals surface area contributed by atoms with Crippen molar-refractivity contribution in [2.24, 2.45) is 0 Å². The van der Waals surface area contributed by atoms with Gasteiger partial charge in [0.2, 0.25) is 0 Å². The summed E-state index contributed by atoms with van der Waals surface area (Å²) in [5.41, 5.74) is 0.974. The van der Waals surface area contributed by atoms with Crippen LogP contribution in [0.5, 0.6) is 0 Å². The average molecular weight is 291 g/mol. The van der Waals surface area contributed by atoms with Gasteiger partial charge in [0, 0.05) is 17.5 Å². The third kappa shape index (κ3) is 5.84. The van der Waals surface area contributed by atoms with Crippen LogP contribution in [0.25, 0.3) is 0 Å². The van der Waals surface area contributed by atoms with E-state index in [1.807, 2.05) is 6.07 Å². The second-order valence-corrected chi connectivity index (χ2v) is 4.79. The lowest BCUT2D eigenvalue weighted by molar-refractivity contribution is -0.135. The highest BCUT2D eigenvalue weighted by Gasteiger charge is 2.26. The molecule has 104 valence electrons. The molecule has 0 amide bonds. The third-order valence-corrected chi connectivity index (χ3v) is 2.84. The first-order valence-electron chi connectivity index (χ1n) is 5.85. The number of alkyl halides is 3. The summed E-state index contributed by atoms with van der Waals surface area (Å²) in [6.07, 6.45) is -4.48. The fraction of sp³-hybridized carbons (Fsp3) is 0.462. The van der Waals surface area contributed by atoms with E-state index in [1.165, 1.54) is 0 Å². The SMILES string of the molecule is CC(CCCC(F)(F)F)Nc1cc(Cl)ccc1C#N. The summed E-state index contributed by atoms with van der Waals surface area (Å²) < 4.78 is 36.1. The number of hydrogen-bond acceptors (Lipinski definition) is 2. The molecule has 1 atom stereocenters. The van der Waals surface area contributed by atoms with Crippen molar-refractivity contribution in [1.29, 1.82) is 5.26 Å². The van der Waals surface area contributed by atoms with Crippen LogP contribution >= 0.6 is 11.6 Å². The van der Waals surface area contributed by atoms with Crippen molar-refractivity contribution in [2.45, 2.75) is 38.4 Å². The largest absolute Gasteiger partial charge is 0.389 e. The molecule has 1 aromatic rings. The Morgan fingerprint density at radius 2 is 2.11 bits per heavy atom. The van der Waals surface area contributed by atoms with Gasteiger partial charge in [0.15, 0.2) is 0 Å². The maximum absolute atomic E-state index is 12.0. The summed E-state index contributed by atoms with van der Waals surface area (Å²) in [5.74, 6) is 0. The first-order chi connectivity index (χ1) is 8.81. The monoisotopic (exact) mass is 290 g/mol. The predicted octanol–water partition coefficient (Wildman–Crippen LogP) is 4.74. The minimum atomic E-state index is -4.12. The van der Waals surface area contributed by atoms with Crippen LogP contribution in [0.2, 0.25) is 5.02 Å². The molecule has 0 aromatic heterocycles. The summed E-state index contributed by atoms with van der Waals surface area (Å²) in [4.78, 5) is 0. The first kappa shape index (κ1) is 15.6. The quantitative estimate of drug-likeness (QED) is 0.850. The molecule has 0 radical (unpaired) electrons. The fourth-order valence-corrected chi connectivity index (χ4v) is 1.85. The number of rotatable bonds is 5. The van der Waals surface area contributed by atoms with Crippen molar-refractivity contribution in [3.63, 3.8) is 0 Å². The highest BCUT2D eigenvalue weighted by molar-refractivity contribution is 6.30. The number of benzene rings is 1. The number of anilines is 1. The number of halogens is 4. The van der Waals surface area contributed by atoms with Gasteiger partial charge in [0.05, 0.1) is 11.3 Å². The van der Waals surface area contributed by atoms with E-state index in [2.05, 4.69) is 5.32 Å². The standard InChI is InChI=1S/C13H14ClF3N2/c1-9(3-2-6-13(15,16)17)19-12-7-11(14)5-4-10(12)8-18/h4-5,7,9,19H,2-3,6H2,1H3. The molecule has 0 aliphatic carbocycles. The van der Waals surface area contributed by atoms with Crippen LogP contribution in [-0.2, 0) is 0 Å². The zero-order valence-electron chi connectivity index (χ0n) is 10.4. The van der Waals surface area contributed by atoms with Crippen LogP contribution in [0.3, 0.4) is 0 Å². The Morgan fingerprint density at radius 3 is 2.68 bits per heavy atom. The Morgan fingerprint density at radius 1 is 1.42 bits per heavy atom. The van der Waals surface area contributed by atoms with Gasteiger partial charge < -0.3 is 5.32 Å². The van der Waals surface area contributed by atoms with Gasteiger partial charge in [0.25, 0.3) is 0 Å². The van der Waals surface area contributed by atoms with Gasteiger partial charge in [-0.3, -0.25) is 0 Å². The Bertz CT molecular complexity index is 466. The van der Waals surface area contributed by atoms with Crippen molar-refractivity contribution in [3.05, 3.63) is 28.8 Å². The molecule has 0 saturated heterocycles. The van der Waals surface area contributed by atoms with E-state index in [0.717, 1.165) is 0 Å². The summed E-state index contributed by atoms with van der Waals surface area (Å²) in [5, 5.41) is 12.4. The maximum Gasteiger partial charge on any atom is 0.389 e. The molecule has 0 heterocycles. The first-order valence-corrected chi connectivity index (χ1v) is 6.22. The van der Waals surface area contributed by atoms with Crippen molar-refractivity contribution in [3.8, 4) is 6.07 Å². The van der Waals surface area contributed by atoms with E-state index < -0.39 is 12.6 Å². The van der Waals surface area contributed by atoms with Crippen LogP contribution in [0.1, 0.15) is 31.7 Å².